The van der Waals surface area contributed by atoms with Gasteiger partial charge in [-0.15, -0.1) is 0 Å². The minimum absolute atomic E-state index is 0.229. The molecule has 3 aromatic rings. The third-order valence-electron chi connectivity index (χ3n) is 4.19. The predicted octanol–water partition coefficient (Wildman–Crippen LogP) is 3.36. The lowest BCUT2D eigenvalue weighted by Gasteiger charge is -2.22. The number of alkyl halides is 2. The molecule has 0 saturated carbocycles. The van der Waals surface area contributed by atoms with Crippen LogP contribution < -0.4 is 4.90 Å². The summed E-state index contributed by atoms with van der Waals surface area (Å²) < 4.78 is 35.8. The Labute approximate surface area is 153 Å². The van der Waals surface area contributed by atoms with Crippen molar-refractivity contribution < 1.29 is 18.3 Å². The van der Waals surface area contributed by atoms with Crippen molar-refractivity contribution in [3.63, 3.8) is 0 Å². The molecular weight excluding hydrogens is 356 g/mol. The van der Waals surface area contributed by atoms with Crippen LogP contribution in [0.15, 0.2) is 55.3 Å². The molecule has 138 valence electrons. The summed E-state index contributed by atoms with van der Waals surface area (Å²) in [7, 11) is 1.77. The Bertz CT molecular complexity index is 994. The van der Waals surface area contributed by atoms with Crippen molar-refractivity contribution in [2.75, 3.05) is 4.90 Å². The van der Waals surface area contributed by atoms with Gasteiger partial charge in [0.25, 0.3) is 6.43 Å². The van der Waals surface area contributed by atoms with E-state index in [-0.39, 0.29) is 11.4 Å². The van der Waals surface area contributed by atoms with E-state index in [2.05, 4.69) is 10.2 Å². The first-order valence-electron chi connectivity index (χ1n) is 8.09. The summed E-state index contributed by atoms with van der Waals surface area (Å²) in [6.07, 6.45) is 5.27. The third-order valence-corrected chi connectivity index (χ3v) is 4.19. The Morgan fingerprint density at radius 1 is 1.22 bits per heavy atom. The van der Waals surface area contributed by atoms with E-state index in [1.807, 2.05) is 0 Å². The van der Waals surface area contributed by atoms with Gasteiger partial charge in [0.05, 0.1) is 29.3 Å². The van der Waals surface area contributed by atoms with Gasteiger partial charge in [-0.3, -0.25) is 9.48 Å². The first-order chi connectivity index (χ1) is 13.1. The van der Waals surface area contributed by atoms with Crippen LogP contribution in [0.1, 0.15) is 34.3 Å². The van der Waals surface area contributed by atoms with Gasteiger partial charge in [-0.1, -0.05) is 0 Å². The molecule has 7 nitrogen and oxygen atoms in total. The fraction of sp³-hybridized carbons (Fsp3) is 0.167. The summed E-state index contributed by atoms with van der Waals surface area (Å²) in [5, 5.41) is 8.14. The molecule has 4 rings (SSSR count). The number of halogens is 2. The molecule has 1 atom stereocenters. The summed E-state index contributed by atoms with van der Waals surface area (Å²) in [6.45, 7) is 0. The number of nitrogens with zero attached hydrogens (tertiary/aromatic N) is 5. The lowest BCUT2D eigenvalue weighted by Crippen LogP contribution is -2.20. The summed E-state index contributed by atoms with van der Waals surface area (Å²) in [5.74, 6) is 0. The van der Waals surface area contributed by atoms with Crippen molar-refractivity contribution in [1.29, 1.82) is 0 Å². The molecule has 1 aliphatic rings. The molecule has 0 bridgehead atoms. The average molecular weight is 371 g/mol. The first-order valence-corrected chi connectivity index (χ1v) is 8.09. The molecule has 1 unspecified atom stereocenters. The number of rotatable bonds is 5. The highest BCUT2D eigenvalue weighted by atomic mass is 19.3. The number of hydrogen-bond donors (Lipinski definition) is 0. The van der Waals surface area contributed by atoms with E-state index in [9.17, 15) is 13.6 Å². The van der Waals surface area contributed by atoms with Crippen molar-refractivity contribution in [2.45, 2.75) is 12.7 Å². The number of benzene rings is 1. The Morgan fingerprint density at radius 3 is 2.63 bits per heavy atom. The van der Waals surface area contributed by atoms with Gasteiger partial charge in [-0.25, -0.2) is 13.5 Å². The van der Waals surface area contributed by atoms with E-state index >= 15 is 0 Å². The molecule has 9 heteroatoms. The van der Waals surface area contributed by atoms with Crippen molar-refractivity contribution in [3.8, 4) is 5.69 Å². The van der Waals surface area contributed by atoms with Crippen LogP contribution in [0.25, 0.3) is 5.69 Å². The van der Waals surface area contributed by atoms with E-state index in [1.165, 1.54) is 17.1 Å². The van der Waals surface area contributed by atoms with Crippen molar-refractivity contribution in [3.05, 3.63) is 72.1 Å². The van der Waals surface area contributed by atoms with Crippen LogP contribution in [-0.2, 0) is 11.8 Å². The minimum atomic E-state index is -2.76. The number of anilines is 1. The second-order valence-electron chi connectivity index (χ2n) is 5.98. The second-order valence-corrected chi connectivity index (χ2v) is 5.98. The molecule has 1 aliphatic heterocycles. The molecule has 0 aliphatic carbocycles. The molecule has 0 N–H and O–H groups in total. The lowest BCUT2D eigenvalue weighted by atomic mass is 10.2. The Hall–Kier alpha value is -3.49. The van der Waals surface area contributed by atoms with Gasteiger partial charge in [0, 0.05) is 25.0 Å². The Balaban J connectivity index is 1.73. The van der Waals surface area contributed by atoms with Gasteiger partial charge in [0.2, 0.25) is 6.23 Å². The van der Waals surface area contributed by atoms with E-state index in [0.29, 0.717) is 17.5 Å². The molecule has 3 heterocycles. The number of ether oxygens (including phenoxy) is 1. The molecule has 0 saturated heterocycles. The van der Waals surface area contributed by atoms with Crippen molar-refractivity contribution in [1.82, 2.24) is 19.6 Å². The molecular formula is C18H15F2N5O2. The van der Waals surface area contributed by atoms with E-state index in [4.69, 9.17) is 4.74 Å². The van der Waals surface area contributed by atoms with Crippen LogP contribution in [0.2, 0.25) is 0 Å². The van der Waals surface area contributed by atoms with Crippen LogP contribution >= 0.6 is 0 Å². The number of aryl methyl sites for hydroxylation is 1. The summed E-state index contributed by atoms with van der Waals surface area (Å²) >= 11 is 0. The Kier molecular flexibility index (Phi) is 4.19. The van der Waals surface area contributed by atoms with Crippen LogP contribution in [0.3, 0.4) is 0 Å². The maximum absolute atomic E-state index is 13.6. The number of aldehydes is 1. The number of aromatic nitrogens is 4. The smallest absolute Gasteiger partial charge is 0.284 e. The quantitative estimate of drug-likeness (QED) is 0.644. The number of carbonyl (C=O) groups excluding carboxylic acids is 1. The normalized spacial score (nSPS) is 16.1. The largest absolute Gasteiger partial charge is 0.472 e. The van der Waals surface area contributed by atoms with Gasteiger partial charge in [-0.05, 0) is 24.3 Å². The van der Waals surface area contributed by atoms with E-state index < -0.39 is 12.7 Å². The zero-order valence-corrected chi connectivity index (χ0v) is 14.2. The molecule has 0 fully saturated rings. The number of hydrogen-bond acceptors (Lipinski definition) is 5. The van der Waals surface area contributed by atoms with Gasteiger partial charge in [-0.2, -0.15) is 10.2 Å². The van der Waals surface area contributed by atoms with Gasteiger partial charge < -0.3 is 9.64 Å². The molecule has 2 aromatic heterocycles. The average Bonchev–Trinajstić information content (AvgIpc) is 3.39. The second kappa shape index (κ2) is 6.67. The highest BCUT2D eigenvalue weighted by molar-refractivity contribution is 5.75. The fourth-order valence-electron chi connectivity index (χ4n) is 2.90. The topological polar surface area (TPSA) is 65.2 Å². The SMILES string of the molecule is Cn1cc(C2OC=CN2c2cn(-c3ccc(C=O)cc3)nc2C(F)F)cn1. The fourth-order valence-corrected chi connectivity index (χ4v) is 2.90. The molecule has 0 amide bonds. The Morgan fingerprint density at radius 2 is 2.00 bits per heavy atom. The maximum Gasteiger partial charge on any atom is 0.284 e. The van der Waals surface area contributed by atoms with Crippen LogP contribution in [0, 0.1) is 0 Å². The monoisotopic (exact) mass is 371 g/mol. The summed E-state index contributed by atoms with van der Waals surface area (Å²) in [4.78, 5) is 12.4. The molecule has 0 radical (unpaired) electrons. The van der Waals surface area contributed by atoms with Crippen molar-refractivity contribution >= 4 is 12.0 Å². The zero-order chi connectivity index (χ0) is 19.0. The van der Waals surface area contributed by atoms with E-state index in [1.54, 1.807) is 59.5 Å². The minimum Gasteiger partial charge on any atom is -0.472 e. The number of carbonyl (C=O) groups is 1. The highest BCUT2D eigenvalue weighted by Gasteiger charge is 2.31. The first kappa shape index (κ1) is 17.0. The lowest BCUT2D eigenvalue weighted by molar-refractivity contribution is 0.112. The molecule has 1 aromatic carbocycles. The van der Waals surface area contributed by atoms with Gasteiger partial charge >= 0.3 is 0 Å². The summed E-state index contributed by atoms with van der Waals surface area (Å²) in [6, 6.07) is 6.49. The standard InChI is InChI=1S/C18H15F2N5O2/c1-23-9-13(8-21-23)18-24(6-7-27-18)15-10-25(22-16(15)17(19)20)14-4-2-12(11-26)3-5-14/h2-11,17-18H,1H3. The predicted molar refractivity (Wildman–Crippen MR) is 92.6 cm³/mol. The van der Waals surface area contributed by atoms with Crippen LogP contribution in [-0.4, -0.2) is 25.8 Å². The molecule has 0 spiro atoms. The van der Waals surface area contributed by atoms with E-state index in [0.717, 1.165) is 5.56 Å². The van der Waals surface area contributed by atoms with Crippen molar-refractivity contribution in [2.24, 2.45) is 7.05 Å². The van der Waals surface area contributed by atoms with Crippen LogP contribution in [0.4, 0.5) is 14.5 Å². The highest BCUT2D eigenvalue weighted by Crippen LogP contribution is 2.38. The van der Waals surface area contributed by atoms with Gasteiger partial charge in [0.1, 0.15) is 12.5 Å². The van der Waals surface area contributed by atoms with Crippen LogP contribution in [0.5, 0.6) is 0 Å². The van der Waals surface area contributed by atoms with Gasteiger partial charge in [0.15, 0.2) is 5.69 Å². The summed E-state index contributed by atoms with van der Waals surface area (Å²) in [5.41, 5.74) is 1.65. The molecule has 27 heavy (non-hydrogen) atoms. The maximum atomic E-state index is 13.6. The zero-order valence-electron chi connectivity index (χ0n) is 14.2. The third kappa shape index (κ3) is 3.07.